The van der Waals surface area contributed by atoms with Crippen LogP contribution in [0.1, 0.15) is 30.9 Å². The molecule has 0 bridgehead atoms. The highest BCUT2D eigenvalue weighted by atomic mass is 127. The van der Waals surface area contributed by atoms with Crippen LogP contribution in [0.15, 0.2) is 47.6 Å². The Morgan fingerprint density at radius 1 is 1.14 bits per heavy atom. The minimum atomic E-state index is 0. The summed E-state index contributed by atoms with van der Waals surface area (Å²) in [5.41, 5.74) is 2.20. The third-order valence-corrected chi connectivity index (χ3v) is 4.64. The van der Waals surface area contributed by atoms with Crippen LogP contribution in [-0.2, 0) is 13.1 Å². The van der Waals surface area contributed by atoms with Gasteiger partial charge in [-0.05, 0) is 37.5 Å². The summed E-state index contributed by atoms with van der Waals surface area (Å²) in [5, 5.41) is 6.65. The van der Waals surface area contributed by atoms with Crippen molar-refractivity contribution < 1.29 is 4.74 Å². The number of nitrogens with zero attached hydrogens (tertiary/aromatic N) is 3. The predicted octanol–water partition coefficient (Wildman–Crippen LogP) is 3.56. The fourth-order valence-electron chi connectivity index (χ4n) is 3.18. The monoisotopic (exact) mass is 495 g/mol. The van der Waals surface area contributed by atoms with Crippen LogP contribution < -0.4 is 20.3 Å². The number of nitrogens with one attached hydrogen (secondary N) is 2. The van der Waals surface area contributed by atoms with E-state index >= 15 is 0 Å². The molecule has 3 rings (SSSR count). The van der Waals surface area contributed by atoms with Gasteiger partial charge in [0.2, 0.25) is 0 Å². The van der Waals surface area contributed by atoms with Crippen LogP contribution >= 0.6 is 24.0 Å². The van der Waals surface area contributed by atoms with E-state index in [1.807, 2.05) is 24.4 Å². The Labute approximate surface area is 184 Å². The fraction of sp³-hybridized carbons (Fsp3) is 0.429. The van der Waals surface area contributed by atoms with Crippen molar-refractivity contribution in [3.05, 3.63) is 53.7 Å². The molecule has 2 heterocycles. The summed E-state index contributed by atoms with van der Waals surface area (Å²) in [5.74, 6) is 2.73. The van der Waals surface area contributed by atoms with Gasteiger partial charge >= 0.3 is 0 Å². The van der Waals surface area contributed by atoms with Crippen LogP contribution in [0.5, 0.6) is 5.75 Å². The number of rotatable bonds is 7. The number of guanidine groups is 1. The summed E-state index contributed by atoms with van der Waals surface area (Å²) < 4.78 is 5.41. The van der Waals surface area contributed by atoms with Gasteiger partial charge in [-0.2, -0.15) is 0 Å². The Balaban J connectivity index is 0.00000280. The van der Waals surface area contributed by atoms with Gasteiger partial charge < -0.3 is 20.3 Å². The number of benzene rings is 1. The van der Waals surface area contributed by atoms with Crippen LogP contribution in [0.3, 0.4) is 0 Å². The maximum absolute atomic E-state index is 5.41. The fourth-order valence-corrected chi connectivity index (χ4v) is 3.18. The number of ether oxygens (including phenoxy) is 1. The lowest BCUT2D eigenvalue weighted by molar-refractivity contribution is 0.409. The van der Waals surface area contributed by atoms with Gasteiger partial charge in [0.15, 0.2) is 5.96 Å². The van der Waals surface area contributed by atoms with E-state index < -0.39 is 0 Å². The lowest BCUT2D eigenvalue weighted by Crippen LogP contribution is -2.36. The smallest absolute Gasteiger partial charge is 0.191 e. The van der Waals surface area contributed by atoms with Gasteiger partial charge in [-0.25, -0.2) is 9.98 Å². The molecule has 1 fully saturated rings. The van der Waals surface area contributed by atoms with Gasteiger partial charge in [-0.3, -0.25) is 0 Å². The minimum absolute atomic E-state index is 0. The number of anilines is 1. The number of aliphatic imine (C=N–C) groups is 1. The Kier molecular flexibility index (Phi) is 9.33. The van der Waals surface area contributed by atoms with Gasteiger partial charge in [-0.1, -0.05) is 24.3 Å². The van der Waals surface area contributed by atoms with E-state index in [0.29, 0.717) is 13.1 Å². The molecule has 0 unspecified atom stereocenters. The topological polar surface area (TPSA) is 61.8 Å². The van der Waals surface area contributed by atoms with E-state index in [1.54, 1.807) is 7.11 Å². The molecule has 0 radical (unpaired) electrons. The van der Waals surface area contributed by atoms with Crippen molar-refractivity contribution in [3.63, 3.8) is 0 Å². The Morgan fingerprint density at radius 3 is 2.61 bits per heavy atom. The molecule has 28 heavy (non-hydrogen) atoms. The molecule has 0 amide bonds. The molecule has 0 saturated carbocycles. The average molecular weight is 495 g/mol. The summed E-state index contributed by atoms with van der Waals surface area (Å²) in [6.07, 6.45) is 4.45. The molecular weight excluding hydrogens is 465 g/mol. The van der Waals surface area contributed by atoms with Gasteiger partial charge in [0.25, 0.3) is 0 Å². The largest absolute Gasteiger partial charge is 0.496 e. The van der Waals surface area contributed by atoms with E-state index in [1.165, 1.54) is 12.8 Å². The normalized spacial score (nSPS) is 13.8. The van der Waals surface area contributed by atoms with E-state index in [-0.39, 0.29) is 24.0 Å². The summed E-state index contributed by atoms with van der Waals surface area (Å²) in [6, 6.07) is 12.2. The zero-order valence-corrected chi connectivity index (χ0v) is 19.0. The zero-order valence-electron chi connectivity index (χ0n) is 16.6. The van der Waals surface area contributed by atoms with Crippen LogP contribution in [0, 0.1) is 0 Å². The number of halogens is 1. The van der Waals surface area contributed by atoms with Crippen molar-refractivity contribution in [2.24, 2.45) is 4.99 Å². The van der Waals surface area contributed by atoms with E-state index in [0.717, 1.165) is 48.3 Å². The Morgan fingerprint density at radius 2 is 1.93 bits per heavy atom. The second kappa shape index (κ2) is 11.7. The first-order valence-corrected chi connectivity index (χ1v) is 9.64. The molecule has 0 aliphatic carbocycles. The van der Waals surface area contributed by atoms with Crippen molar-refractivity contribution in [2.45, 2.75) is 32.9 Å². The van der Waals surface area contributed by atoms with Gasteiger partial charge in [0.05, 0.1) is 13.7 Å². The SMILES string of the molecule is CCNC(=NCc1ccc(N2CCCC2)nc1)NCc1ccccc1OC.I. The van der Waals surface area contributed by atoms with E-state index in [9.17, 15) is 0 Å². The lowest BCUT2D eigenvalue weighted by atomic mass is 10.2. The van der Waals surface area contributed by atoms with E-state index in [4.69, 9.17) is 4.74 Å². The summed E-state index contributed by atoms with van der Waals surface area (Å²) in [4.78, 5) is 11.6. The summed E-state index contributed by atoms with van der Waals surface area (Å²) >= 11 is 0. The van der Waals surface area contributed by atoms with Crippen molar-refractivity contribution >= 4 is 35.8 Å². The minimum Gasteiger partial charge on any atom is -0.496 e. The molecule has 0 atom stereocenters. The van der Waals surface area contributed by atoms with Crippen molar-refractivity contribution in [1.29, 1.82) is 0 Å². The molecule has 152 valence electrons. The zero-order chi connectivity index (χ0) is 18.9. The number of methoxy groups -OCH3 is 1. The van der Waals surface area contributed by atoms with Gasteiger partial charge in [0.1, 0.15) is 11.6 Å². The second-order valence-corrected chi connectivity index (χ2v) is 6.58. The van der Waals surface area contributed by atoms with Gasteiger partial charge in [-0.15, -0.1) is 24.0 Å². The number of aromatic nitrogens is 1. The van der Waals surface area contributed by atoms with Crippen LogP contribution in [-0.4, -0.2) is 37.7 Å². The number of para-hydroxylation sites is 1. The van der Waals surface area contributed by atoms with Crippen molar-refractivity contribution in [1.82, 2.24) is 15.6 Å². The second-order valence-electron chi connectivity index (χ2n) is 6.58. The molecule has 7 heteroatoms. The van der Waals surface area contributed by atoms with Crippen LogP contribution in [0.4, 0.5) is 5.82 Å². The standard InChI is InChI=1S/C21H29N5O.HI/c1-3-22-21(25-16-18-8-4-5-9-19(18)27-2)24-15-17-10-11-20(23-14-17)26-12-6-7-13-26;/h4-5,8-11,14H,3,6-7,12-13,15-16H2,1-2H3,(H2,22,24,25);1H. The molecule has 1 aromatic carbocycles. The molecule has 2 N–H and O–H groups in total. The summed E-state index contributed by atoms with van der Waals surface area (Å²) in [6.45, 7) is 6.34. The highest BCUT2D eigenvalue weighted by molar-refractivity contribution is 14.0. The maximum Gasteiger partial charge on any atom is 0.191 e. The lowest BCUT2D eigenvalue weighted by Gasteiger charge is -2.16. The Bertz CT molecular complexity index is 745. The first-order chi connectivity index (χ1) is 13.3. The Hall–Kier alpha value is -2.03. The first kappa shape index (κ1) is 22.3. The highest BCUT2D eigenvalue weighted by Gasteiger charge is 2.12. The highest BCUT2D eigenvalue weighted by Crippen LogP contribution is 2.18. The average Bonchev–Trinajstić information content (AvgIpc) is 3.25. The first-order valence-electron chi connectivity index (χ1n) is 9.64. The maximum atomic E-state index is 5.41. The van der Waals surface area contributed by atoms with E-state index in [2.05, 4.69) is 50.6 Å². The number of pyridine rings is 1. The molecule has 0 spiro atoms. The predicted molar refractivity (Wildman–Crippen MR) is 126 cm³/mol. The molecule has 1 aliphatic heterocycles. The molecule has 1 aromatic heterocycles. The van der Waals surface area contributed by atoms with Crippen LogP contribution in [0.2, 0.25) is 0 Å². The number of hydrogen-bond acceptors (Lipinski definition) is 4. The van der Waals surface area contributed by atoms with Crippen molar-refractivity contribution in [2.75, 3.05) is 31.6 Å². The quantitative estimate of drug-likeness (QED) is 0.350. The molecule has 6 nitrogen and oxygen atoms in total. The van der Waals surface area contributed by atoms with Crippen LogP contribution in [0.25, 0.3) is 0 Å². The molecular formula is C21H30IN5O. The third-order valence-electron chi connectivity index (χ3n) is 4.64. The van der Waals surface area contributed by atoms with Gasteiger partial charge in [0, 0.05) is 37.9 Å². The summed E-state index contributed by atoms with van der Waals surface area (Å²) in [7, 11) is 1.69. The third kappa shape index (κ3) is 6.25. The van der Waals surface area contributed by atoms with Crippen molar-refractivity contribution in [3.8, 4) is 5.75 Å². The molecule has 2 aromatic rings. The molecule has 1 aliphatic rings. The molecule has 1 saturated heterocycles. The number of hydrogen-bond donors (Lipinski definition) is 2.